The molecule has 0 fully saturated rings. The van der Waals surface area contributed by atoms with Crippen LogP contribution in [-0.4, -0.2) is 34.5 Å². The third-order valence-corrected chi connectivity index (χ3v) is 11.3. The molecule has 1 amide bonds. The second kappa shape index (κ2) is 12.5. The van der Waals surface area contributed by atoms with Gasteiger partial charge in [0.25, 0.3) is 0 Å². The molecule has 0 saturated carbocycles. The first-order chi connectivity index (χ1) is 17.9. The van der Waals surface area contributed by atoms with Crippen LogP contribution in [0.15, 0.2) is 66.7 Å². The number of hydrogen-bond donors (Lipinski definition) is 0. The molecule has 3 aromatic rings. The molecule has 0 atom stereocenters. The van der Waals surface area contributed by atoms with Crippen molar-refractivity contribution < 1.29 is 27.8 Å². The number of carbonyl (C=O) groups excluding carboxylic acids is 1. The molecule has 0 N–H and O–H groups in total. The van der Waals surface area contributed by atoms with Gasteiger partial charge >= 0.3 is 0 Å². The fourth-order valence-electron chi connectivity index (χ4n) is 3.55. The van der Waals surface area contributed by atoms with E-state index in [0.717, 1.165) is 0 Å². The Labute approximate surface area is 226 Å². The van der Waals surface area contributed by atoms with Crippen LogP contribution in [0.4, 0.5) is 10.1 Å². The van der Waals surface area contributed by atoms with E-state index in [9.17, 15) is 9.18 Å². The molecule has 3 rings (SSSR count). The minimum atomic E-state index is -1.90. The molecule has 3 aromatic carbocycles. The maximum Gasteiger partial charge on any atom is 0.224 e. The highest BCUT2D eigenvalue weighted by Crippen LogP contribution is 2.37. The summed E-state index contributed by atoms with van der Waals surface area (Å²) in [7, 11) is -0.326. The normalized spacial score (nSPS) is 11.7. The molecular formula is C30H38FNO5Si. The summed E-state index contributed by atoms with van der Waals surface area (Å²) in [5, 5.41) is 0.102. The Bertz CT molecular complexity index is 1230. The predicted molar refractivity (Wildman–Crippen MR) is 151 cm³/mol. The lowest BCUT2D eigenvalue weighted by Gasteiger charge is -2.36. The molecule has 0 aliphatic rings. The van der Waals surface area contributed by atoms with Gasteiger partial charge in [0.1, 0.15) is 29.7 Å². The van der Waals surface area contributed by atoms with E-state index in [0.29, 0.717) is 47.5 Å². The van der Waals surface area contributed by atoms with Crippen molar-refractivity contribution in [2.24, 2.45) is 0 Å². The van der Waals surface area contributed by atoms with Gasteiger partial charge in [-0.3, -0.25) is 4.79 Å². The number of ether oxygens (including phenoxy) is 3. The molecule has 0 spiro atoms. The van der Waals surface area contributed by atoms with E-state index in [1.807, 2.05) is 30.3 Å². The minimum Gasteiger partial charge on any atom is -0.497 e. The third-order valence-electron chi connectivity index (χ3n) is 6.77. The molecule has 0 saturated heterocycles. The number of amides is 1. The highest BCUT2D eigenvalue weighted by atomic mass is 28.4. The van der Waals surface area contributed by atoms with Crippen LogP contribution in [0.3, 0.4) is 0 Å². The molecule has 204 valence electrons. The van der Waals surface area contributed by atoms with Crippen LogP contribution in [0.25, 0.3) is 0 Å². The van der Waals surface area contributed by atoms with Gasteiger partial charge in [0.15, 0.2) is 14.1 Å². The van der Waals surface area contributed by atoms with Crippen LogP contribution in [-0.2, 0) is 15.8 Å². The number of methoxy groups -OCH3 is 1. The number of nitrogens with zero attached hydrogens (tertiary/aromatic N) is 1. The first-order valence-electron chi connectivity index (χ1n) is 12.7. The average Bonchev–Trinajstić information content (AvgIpc) is 2.86. The zero-order valence-corrected chi connectivity index (χ0v) is 24.3. The molecule has 0 bridgehead atoms. The molecule has 38 heavy (non-hydrogen) atoms. The van der Waals surface area contributed by atoms with E-state index >= 15 is 0 Å². The highest BCUT2D eigenvalue weighted by molar-refractivity contribution is 6.74. The van der Waals surface area contributed by atoms with Gasteiger partial charge in [-0.15, -0.1) is 0 Å². The number of hydrogen-bond acceptors (Lipinski definition) is 5. The minimum absolute atomic E-state index is 0.102. The zero-order valence-electron chi connectivity index (χ0n) is 23.3. The van der Waals surface area contributed by atoms with E-state index in [1.54, 1.807) is 25.3 Å². The summed E-state index contributed by atoms with van der Waals surface area (Å²) in [4.78, 5) is 14.3. The summed E-state index contributed by atoms with van der Waals surface area (Å²) >= 11 is 0. The molecule has 8 heteroatoms. The standard InChI is InChI=1S/C30H38FNO5Si/c1-22(33)32(27-20-24(31)13-15-29(27)37-25-11-9-8-10-12-25)21-23-19-26(34-5)14-16-28(23)35-17-18-36-38(6,7)30(2,3)4/h8-16,19-20H,17-18,21H2,1-7H3. The van der Waals surface area contributed by atoms with Crippen LogP contribution in [0.2, 0.25) is 18.1 Å². The van der Waals surface area contributed by atoms with Crippen molar-refractivity contribution in [2.75, 3.05) is 25.2 Å². The molecule has 0 heterocycles. The molecule has 0 aromatic heterocycles. The van der Waals surface area contributed by atoms with Crippen molar-refractivity contribution in [3.05, 3.63) is 78.1 Å². The fraction of sp³-hybridized carbons (Fsp3) is 0.367. The third kappa shape index (κ3) is 7.58. The monoisotopic (exact) mass is 539 g/mol. The molecule has 0 aliphatic heterocycles. The molecule has 6 nitrogen and oxygen atoms in total. The van der Waals surface area contributed by atoms with Crippen LogP contribution in [0.5, 0.6) is 23.0 Å². The van der Waals surface area contributed by atoms with E-state index < -0.39 is 14.1 Å². The van der Waals surface area contributed by atoms with Crippen LogP contribution in [0.1, 0.15) is 33.3 Å². The quantitative estimate of drug-likeness (QED) is 0.186. The van der Waals surface area contributed by atoms with Crippen LogP contribution in [0, 0.1) is 5.82 Å². The Hall–Kier alpha value is -3.36. The van der Waals surface area contributed by atoms with Gasteiger partial charge in [0.05, 0.1) is 25.9 Å². The van der Waals surface area contributed by atoms with Crippen molar-refractivity contribution in [3.8, 4) is 23.0 Å². The van der Waals surface area contributed by atoms with Gasteiger partial charge in [-0.05, 0) is 60.6 Å². The number of para-hydroxylation sites is 1. The first kappa shape index (κ1) is 29.2. The number of halogens is 1. The summed E-state index contributed by atoms with van der Waals surface area (Å²) in [5.41, 5.74) is 1.03. The molecule has 0 aliphatic carbocycles. The average molecular weight is 540 g/mol. The van der Waals surface area contributed by atoms with E-state index in [1.165, 1.54) is 30.0 Å². The first-order valence-corrected chi connectivity index (χ1v) is 15.6. The second-order valence-corrected chi connectivity index (χ2v) is 15.4. The van der Waals surface area contributed by atoms with E-state index in [2.05, 4.69) is 33.9 Å². The molecule has 0 unspecified atom stereocenters. The van der Waals surface area contributed by atoms with Gasteiger partial charge in [0, 0.05) is 18.6 Å². The number of carbonyl (C=O) groups is 1. The number of rotatable bonds is 11. The summed E-state index contributed by atoms with van der Waals surface area (Å²) in [6.45, 7) is 13.4. The van der Waals surface area contributed by atoms with Crippen LogP contribution < -0.4 is 19.1 Å². The Kier molecular flexibility index (Phi) is 9.57. The predicted octanol–water partition coefficient (Wildman–Crippen LogP) is 7.58. The highest BCUT2D eigenvalue weighted by Gasteiger charge is 2.37. The van der Waals surface area contributed by atoms with Gasteiger partial charge in [-0.1, -0.05) is 39.0 Å². The number of anilines is 1. The molecule has 0 radical (unpaired) electrons. The maximum absolute atomic E-state index is 14.4. The number of benzene rings is 3. The van der Waals surface area contributed by atoms with Crippen molar-refractivity contribution >= 4 is 19.9 Å². The lowest BCUT2D eigenvalue weighted by molar-refractivity contribution is -0.116. The van der Waals surface area contributed by atoms with Crippen molar-refractivity contribution in [1.82, 2.24) is 0 Å². The largest absolute Gasteiger partial charge is 0.497 e. The fourth-order valence-corrected chi connectivity index (χ4v) is 4.58. The maximum atomic E-state index is 14.4. The SMILES string of the molecule is COc1ccc(OCCO[Si](C)(C)C(C)(C)C)c(CN(C(C)=O)c2cc(F)ccc2Oc2ccccc2)c1. The smallest absolute Gasteiger partial charge is 0.224 e. The van der Waals surface area contributed by atoms with Crippen molar-refractivity contribution in [1.29, 1.82) is 0 Å². The summed E-state index contributed by atoms with van der Waals surface area (Å²) in [6, 6.07) is 18.7. The van der Waals surface area contributed by atoms with Gasteiger partial charge < -0.3 is 23.5 Å². The Morgan fingerprint density at radius 3 is 2.24 bits per heavy atom. The van der Waals surface area contributed by atoms with Crippen molar-refractivity contribution in [3.63, 3.8) is 0 Å². The second-order valence-electron chi connectivity index (χ2n) is 10.6. The van der Waals surface area contributed by atoms with Gasteiger partial charge in [-0.2, -0.15) is 0 Å². The van der Waals surface area contributed by atoms with Gasteiger partial charge in [-0.25, -0.2) is 4.39 Å². The van der Waals surface area contributed by atoms with E-state index in [-0.39, 0.29) is 17.5 Å². The van der Waals surface area contributed by atoms with Gasteiger partial charge in [0.2, 0.25) is 5.91 Å². The summed E-state index contributed by atoms with van der Waals surface area (Å²) < 4.78 is 38.2. The van der Waals surface area contributed by atoms with Crippen LogP contribution >= 0.6 is 0 Å². The summed E-state index contributed by atoms with van der Waals surface area (Å²) in [5.74, 6) is 1.41. The Morgan fingerprint density at radius 2 is 1.61 bits per heavy atom. The van der Waals surface area contributed by atoms with Crippen molar-refractivity contribution in [2.45, 2.75) is 52.4 Å². The Morgan fingerprint density at radius 1 is 0.921 bits per heavy atom. The molecular weight excluding hydrogens is 501 g/mol. The van der Waals surface area contributed by atoms with E-state index in [4.69, 9.17) is 18.6 Å². The summed E-state index contributed by atoms with van der Waals surface area (Å²) in [6.07, 6.45) is 0. The topological polar surface area (TPSA) is 57.2 Å². The lowest BCUT2D eigenvalue weighted by Crippen LogP contribution is -2.41. The lowest BCUT2D eigenvalue weighted by atomic mass is 10.1. The Balaban J connectivity index is 1.86. The zero-order chi connectivity index (χ0) is 27.9.